The molecule has 0 atom stereocenters. The van der Waals surface area contributed by atoms with Gasteiger partial charge in [0.1, 0.15) is 16.6 Å². The number of anilines is 2. The van der Waals surface area contributed by atoms with Crippen molar-refractivity contribution in [3.63, 3.8) is 0 Å². The highest BCUT2D eigenvalue weighted by atomic mass is 32.2. The molecule has 0 radical (unpaired) electrons. The van der Waals surface area contributed by atoms with Crippen LogP contribution in [0.1, 0.15) is 33.6 Å². The molecule has 2 amide bonds. The van der Waals surface area contributed by atoms with E-state index in [2.05, 4.69) is 14.9 Å². The Morgan fingerprint density at radius 1 is 1.28 bits per heavy atom. The fourth-order valence-corrected chi connectivity index (χ4v) is 5.73. The van der Waals surface area contributed by atoms with E-state index in [1.54, 1.807) is 41.2 Å². The van der Waals surface area contributed by atoms with Gasteiger partial charge >= 0.3 is 0 Å². The monoisotopic (exact) mass is 429 g/mol. The highest BCUT2D eigenvalue weighted by molar-refractivity contribution is 7.98. The van der Waals surface area contributed by atoms with Gasteiger partial charge in [-0.3, -0.25) is 9.59 Å². The summed E-state index contributed by atoms with van der Waals surface area (Å²) in [5.41, 5.74) is 1.85. The molecular formula is C20H23N5O2S2. The van der Waals surface area contributed by atoms with Crippen LogP contribution in [0.2, 0.25) is 0 Å². The minimum absolute atomic E-state index is 0.0259. The zero-order valence-corrected chi connectivity index (χ0v) is 18.2. The highest BCUT2D eigenvalue weighted by Gasteiger charge is 2.39. The number of carbonyl (C=O) groups excluding carboxylic acids is 2. The first-order chi connectivity index (χ1) is 14.0. The number of fused-ring (bicyclic) bond motifs is 3. The maximum Gasteiger partial charge on any atom is 0.257 e. The SMILES string of the molecule is CSc1ccnc(N2CCc3c(sc4c3C(=O)N(C)CC(=O)N4CC3CC3)C2)n1. The van der Waals surface area contributed by atoms with E-state index in [1.807, 2.05) is 17.2 Å². The van der Waals surface area contributed by atoms with Crippen molar-refractivity contribution in [2.24, 2.45) is 5.92 Å². The number of carbonyl (C=O) groups is 2. The number of amides is 2. The number of thioether (sulfide) groups is 1. The van der Waals surface area contributed by atoms with Crippen molar-refractivity contribution in [3.8, 4) is 0 Å². The Hall–Kier alpha value is -2.13. The molecule has 0 spiro atoms. The van der Waals surface area contributed by atoms with Gasteiger partial charge in [-0.15, -0.1) is 23.1 Å². The summed E-state index contributed by atoms with van der Waals surface area (Å²) in [7, 11) is 1.73. The van der Waals surface area contributed by atoms with Crippen molar-refractivity contribution in [1.82, 2.24) is 14.9 Å². The Morgan fingerprint density at radius 3 is 2.86 bits per heavy atom. The molecule has 4 heterocycles. The van der Waals surface area contributed by atoms with Crippen molar-refractivity contribution in [3.05, 3.63) is 28.3 Å². The molecular weight excluding hydrogens is 406 g/mol. The first kappa shape index (κ1) is 18.9. The Kier molecular flexibility index (Phi) is 4.74. The molecule has 0 unspecified atom stereocenters. The molecule has 0 N–H and O–H groups in total. The molecule has 7 nitrogen and oxygen atoms in total. The van der Waals surface area contributed by atoms with Crippen LogP contribution in [0.15, 0.2) is 17.3 Å². The number of thiophene rings is 1. The second kappa shape index (κ2) is 7.28. The van der Waals surface area contributed by atoms with Crippen LogP contribution in [0.5, 0.6) is 0 Å². The van der Waals surface area contributed by atoms with Crippen LogP contribution >= 0.6 is 23.1 Å². The predicted molar refractivity (Wildman–Crippen MR) is 115 cm³/mol. The first-order valence-corrected chi connectivity index (χ1v) is 11.9. The molecule has 29 heavy (non-hydrogen) atoms. The maximum atomic E-state index is 13.1. The van der Waals surface area contributed by atoms with Crippen molar-refractivity contribution >= 4 is 45.9 Å². The van der Waals surface area contributed by atoms with E-state index in [4.69, 9.17) is 0 Å². The summed E-state index contributed by atoms with van der Waals surface area (Å²) in [6.45, 7) is 2.33. The van der Waals surface area contributed by atoms with Gasteiger partial charge in [0.05, 0.1) is 12.1 Å². The third-order valence-electron chi connectivity index (χ3n) is 5.76. The lowest BCUT2D eigenvalue weighted by molar-refractivity contribution is -0.119. The van der Waals surface area contributed by atoms with Crippen molar-refractivity contribution < 1.29 is 9.59 Å². The average molecular weight is 430 g/mol. The van der Waals surface area contributed by atoms with Crippen LogP contribution < -0.4 is 9.80 Å². The number of likely N-dealkylation sites (N-methyl/N-ethyl adjacent to an activating group) is 1. The minimum atomic E-state index is -0.0294. The number of nitrogens with zero attached hydrogens (tertiary/aromatic N) is 5. The zero-order chi connectivity index (χ0) is 20.1. The molecule has 1 saturated carbocycles. The molecule has 1 aliphatic carbocycles. The van der Waals surface area contributed by atoms with Crippen LogP contribution in [0, 0.1) is 5.92 Å². The van der Waals surface area contributed by atoms with Gasteiger partial charge in [0.25, 0.3) is 5.91 Å². The lowest BCUT2D eigenvalue weighted by atomic mass is 10.0. The molecule has 2 aliphatic heterocycles. The third-order valence-corrected chi connectivity index (χ3v) is 7.65. The van der Waals surface area contributed by atoms with E-state index in [-0.39, 0.29) is 18.4 Å². The molecule has 5 rings (SSSR count). The van der Waals surface area contributed by atoms with Gasteiger partial charge in [-0.25, -0.2) is 9.97 Å². The summed E-state index contributed by atoms with van der Waals surface area (Å²) >= 11 is 3.20. The summed E-state index contributed by atoms with van der Waals surface area (Å²) in [4.78, 5) is 41.8. The van der Waals surface area contributed by atoms with E-state index >= 15 is 0 Å². The van der Waals surface area contributed by atoms with Crippen molar-refractivity contribution in [2.75, 3.05) is 42.7 Å². The normalized spacial score (nSPS) is 19.3. The molecule has 0 saturated heterocycles. The third kappa shape index (κ3) is 3.40. The molecule has 0 aromatic carbocycles. The number of rotatable bonds is 4. The van der Waals surface area contributed by atoms with Crippen LogP contribution in [0.4, 0.5) is 10.9 Å². The summed E-state index contributed by atoms with van der Waals surface area (Å²) in [5, 5.41) is 1.79. The van der Waals surface area contributed by atoms with E-state index < -0.39 is 0 Å². The van der Waals surface area contributed by atoms with Crippen molar-refractivity contribution in [2.45, 2.75) is 30.8 Å². The lowest BCUT2D eigenvalue weighted by Crippen LogP contribution is -2.38. The topological polar surface area (TPSA) is 69.6 Å². The van der Waals surface area contributed by atoms with Crippen LogP contribution in [-0.2, 0) is 17.8 Å². The molecule has 3 aliphatic rings. The van der Waals surface area contributed by atoms with Gasteiger partial charge in [-0.1, -0.05) is 0 Å². The first-order valence-electron chi connectivity index (χ1n) is 9.87. The molecule has 9 heteroatoms. The summed E-state index contributed by atoms with van der Waals surface area (Å²) in [6, 6.07) is 1.91. The second-order valence-corrected chi connectivity index (χ2v) is 9.77. The Morgan fingerprint density at radius 2 is 2.10 bits per heavy atom. The predicted octanol–water partition coefficient (Wildman–Crippen LogP) is 2.65. The van der Waals surface area contributed by atoms with E-state index in [0.29, 0.717) is 12.5 Å². The molecule has 1 fully saturated rings. The van der Waals surface area contributed by atoms with Gasteiger partial charge in [-0.05, 0) is 43.1 Å². The van der Waals surface area contributed by atoms with Crippen LogP contribution in [0.25, 0.3) is 0 Å². The van der Waals surface area contributed by atoms with Crippen LogP contribution in [0.3, 0.4) is 0 Å². The molecule has 2 aromatic rings. The summed E-state index contributed by atoms with van der Waals surface area (Å²) < 4.78 is 0. The van der Waals surface area contributed by atoms with E-state index in [9.17, 15) is 9.59 Å². The Bertz CT molecular complexity index is 987. The lowest BCUT2D eigenvalue weighted by Gasteiger charge is -2.27. The van der Waals surface area contributed by atoms with Crippen molar-refractivity contribution in [1.29, 1.82) is 0 Å². The largest absolute Gasteiger partial charge is 0.335 e. The van der Waals surface area contributed by atoms with Gasteiger partial charge in [0.2, 0.25) is 11.9 Å². The van der Waals surface area contributed by atoms with E-state index in [0.717, 1.165) is 51.5 Å². The smallest absolute Gasteiger partial charge is 0.257 e. The van der Waals surface area contributed by atoms with E-state index in [1.165, 1.54) is 12.8 Å². The van der Waals surface area contributed by atoms with Crippen LogP contribution in [-0.4, -0.2) is 59.6 Å². The Labute approximate surface area is 178 Å². The van der Waals surface area contributed by atoms with Gasteiger partial charge < -0.3 is 14.7 Å². The number of aromatic nitrogens is 2. The van der Waals surface area contributed by atoms with Gasteiger partial charge in [-0.2, -0.15) is 0 Å². The Balaban J connectivity index is 1.52. The second-order valence-electron chi connectivity index (χ2n) is 7.86. The fraction of sp³-hybridized carbons (Fsp3) is 0.500. The minimum Gasteiger partial charge on any atom is -0.335 e. The number of hydrogen-bond donors (Lipinski definition) is 0. The highest BCUT2D eigenvalue weighted by Crippen LogP contribution is 2.43. The maximum absolute atomic E-state index is 13.1. The number of hydrogen-bond acceptors (Lipinski definition) is 7. The van der Waals surface area contributed by atoms with Gasteiger partial charge in [0, 0.05) is 31.2 Å². The standard InChI is InChI=1S/C20H23N5O2S2/c1-23-11-16(26)25(9-12-3-4-12)19-17(18(23)27)13-6-8-24(10-14(13)29-19)20-21-7-5-15(22-20)28-2/h5,7,12H,3-4,6,8-11H2,1-2H3. The fourth-order valence-electron chi connectivity index (χ4n) is 3.98. The molecule has 2 aromatic heterocycles. The van der Waals surface area contributed by atoms with Gasteiger partial charge in [0.15, 0.2) is 0 Å². The zero-order valence-electron chi connectivity index (χ0n) is 16.6. The average Bonchev–Trinajstić information content (AvgIpc) is 3.49. The quantitative estimate of drug-likeness (QED) is 0.550. The molecule has 152 valence electrons. The molecule has 0 bridgehead atoms. The summed E-state index contributed by atoms with van der Waals surface area (Å²) in [5.74, 6) is 1.29. The summed E-state index contributed by atoms with van der Waals surface area (Å²) in [6.07, 6.45) is 6.90.